The van der Waals surface area contributed by atoms with Crippen LogP contribution in [0, 0.1) is 0 Å². The van der Waals surface area contributed by atoms with Gasteiger partial charge in [0.05, 0.1) is 0 Å². The molecule has 0 heterocycles. The Balaban J connectivity index is 2.73. The molecule has 1 rings (SSSR count). The van der Waals surface area contributed by atoms with Crippen LogP contribution in [0.25, 0.3) is 0 Å². The second-order valence-corrected chi connectivity index (χ2v) is 4.66. The summed E-state index contributed by atoms with van der Waals surface area (Å²) in [6.45, 7) is 7.76. The summed E-state index contributed by atoms with van der Waals surface area (Å²) in [7, 11) is 0. The van der Waals surface area contributed by atoms with Crippen LogP contribution in [0.1, 0.15) is 63.6 Å². The summed E-state index contributed by atoms with van der Waals surface area (Å²) in [6, 6.07) is 9.41. The number of hydrogen-bond donors (Lipinski definition) is 1. The first-order valence-electron chi connectivity index (χ1n) is 7.14. The SMILES string of the molecule is CCCCCC(NCC)c1ccccc1CC. The maximum atomic E-state index is 3.63. The zero-order chi connectivity index (χ0) is 12.5. The number of hydrogen-bond acceptors (Lipinski definition) is 1. The van der Waals surface area contributed by atoms with Gasteiger partial charge < -0.3 is 5.32 Å². The van der Waals surface area contributed by atoms with E-state index in [1.807, 2.05) is 0 Å². The maximum absolute atomic E-state index is 3.63. The van der Waals surface area contributed by atoms with Crippen LogP contribution in [0.15, 0.2) is 24.3 Å². The molecule has 0 spiro atoms. The maximum Gasteiger partial charge on any atom is 0.0322 e. The van der Waals surface area contributed by atoms with Crippen molar-refractivity contribution in [3.63, 3.8) is 0 Å². The van der Waals surface area contributed by atoms with Crippen molar-refractivity contribution in [1.82, 2.24) is 5.32 Å². The molecule has 0 amide bonds. The molecule has 1 aromatic rings. The van der Waals surface area contributed by atoms with Crippen molar-refractivity contribution < 1.29 is 0 Å². The van der Waals surface area contributed by atoms with Crippen molar-refractivity contribution in [2.45, 2.75) is 58.9 Å². The van der Waals surface area contributed by atoms with Gasteiger partial charge in [0.15, 0.2) is 0 Å². The molecule has 0 saturated carbocycles. The molecule has 0 radical (unpaired) electrons. The molecule has 1 N–H and O–H groups in total. The molecule has 1 unspecified atom stereocenters. The standard InChI is InChI=1S/C16H27N/c1-4-7-8-13-16(17-6-3)15-12-10-9-11-14(15)5-2/h9-12,16-17H,4-8,13H2,1-3H3. The summed E-state index contributed by atoms with van der Waals surface area (Å²) >= 11 is 0. The molecule has 0 saturated heterocycles. The third-order valence-electron chi connectivity index (χ3n) is 3.36. The summed E-state index contributed by atoms with van der Waals surface area (Å²) in [6.07, 6.45) is 6.36. The highest BCUT2D eigenvalue weighted by molar-refractivity contribution is 5.30. The van der Waals surface area contributed by atoms with E-state index in [1.54, 1.807) is 0 Å². The van der Waals surface area contributed by atoms with E-state index in [1.165, 1.54) is 36.8 Å². The van der Waals surface area contributed by atoms with Gasteiger partial charge in [-0.25, -0.2) is 0 Å². The van der Waals surface area contributed by atoms with E-state index in [2.05, 4.69) is 50.4 Å². The first-order chi connectivity index (χ1) is 8.33. The van der Waals surface area contributed by atoms with Gasteiger partial charge in [-0.3, -0.25) is 0 Å². The quantitative estimate of drug-likeness (QED) is 0.653. The van der Waals surface area contributed by atoms with Crippen molar-refractivity contribution in [3.05, 3.63) is 35.4 Å². The second-order valence-electron chi connectivity index (χ2n) is 4.66. The van der Waals surface area contributed by atoms with Gasteiger partial charge in [-0.1, -0.05) is 64.3 Å². The zero-order valence-corrected chi connectivity index (χ0v) is 11.6. The van der Waals surface area contributed by atoms with Crippen molar-refractivity contribution >= 4 is 0 Å². The highest BCUT2D eigenvalue weighted by atomic mass is 14.9. The molecule has 0 aliphatic rings. The third-order valence-corrected chi connectivity index (χ3v) is 3.36. The summed E-state index contributed by atoms with van der Waals surface area (Å²) in [5.41, 5.74) is 3.00. The van der Waals surface area contributed by atoms with E-state index in [0.717, 1.165) is 13.0 Å². The van der Waals surface area contributed by atoms with Crippen LogP contribution in [-0.2, 0) is 6.42 Å². The molecule has 1 aromatic carbocycles. The van der Waals surface area contributed by atoms with E-state index in [4.69, 9.17) is 0 Å². The molecule has 0 aromatic heterocycles. The monoisotopic (exact) mass is 233 g/mol. The summed E-state index contributed by atoms with van der Waals surface area (Å²) in [4.78, 5) is 0. The van der Waals surface area contributed by atoms with E-state index < -0.39 is 0 Å². The van der Waals surface area contributed by atoms with Crippen LogP contribution in [0.3, 0.4) is 0 Å². The molecule has 1 atom stereocenters. The number of nitrogens with one attached hydrogen (secondary N) is 1. The fourth-order valence-corrected chi connectivity index (χ4v) is 2.41. The Morgan fingerprint density at radius 2 is 1.82 bits per heavy atom. The molecule has 0 aliphatic carbocycles. The lowest BCUT2D eigenvalue weighted by Crippen LogP contribution is -2.22. The Morgan fingerprint density at radius 1 is 1.06 bits per heavy atom. The van der Waals surface area contributed by atoms with E-state index in [0.29, 0.717) is 6.04 Å². The smallest absolute Gasteiger partial charge is 0.0322 e. The molecule has 0 fully saturated rings. The van der Waals surface area contributed by atoms with Gasteiger partial charge in [0.25, 0.3) is 0 Å². The molecular formula is C16H27N. The minimum Gasteiger partial charge on any atom is -0.310 e. The number of rotatable bonds is 8. The Labute approximate surface area is 107 Å². The van der Waals surface area contributed by atoms with Gasteiger partial charge in [-0.05, 0) is 30.5 Å². The summed E-state index contributed by atoms with van der Waals surface area (Å²) < 4.78 is 0. The predicted octanol–water partition coefficient (Wildman–Crippen LogP) is 4.48. The van der Waals surface area contributed by atoms with Gasteiger partial charge in [-0.2, -0.15) is 0 Å². The van der Waals surface area contributed by atoms with Crippen LogP contribution >= 0.6 is 0 Å². The van der Waals surface area contributed by atoms with Crippen LogP contribution in [0.2, 0.25) is 0 Å². The second kappa shape index (κ2) is 8.30. The van der Waals surface area contributed by atoms with Gasteiger partial charge in [0.2, 0.25) is 0 Å². The lowest BCUT2D eigenvalue weighted by Gasteiger charge is -2.21. The van der Waals surface area contributed by atoms with Gasteiger partial charge in [-0.15, -0.1) is 0 Å². The number of benzene rings is 1. The number of unbranched alkanes of at least 4 members (excludes halogenated alkanes) is 2. The first-order valence-corrected chi connectivity index (χ1v) is 7.14. The normalized spacial score (nSPS) is 12.6. The number of aryl methyl sites for hydroxylation is 1. The van der Waals surface area contributed by atoms with Crippen molar-refractivity contribution in [2.75, 3.05) is 6.54 Å². The van der Waals surface area contributed by atoms with Crippen molar-refractivity contribution in [3.8, 4) is 0 Å². The Morgan fingerprint density at radius 3 is 2.47 bits per heavy atom. The Hall–Kier alpha value is -0.820. The van der Waals surface area contributed by atoms with E-state index in [-0.39, 0.29) is 0 Å². The molecule has 0 bridgehead atoms. The zero-order valence-electron chi connectivity index (χ0n) is 11.6. The largest absolute Gasteiger partial charge is 0.310 e. The average molecular weight is 233 g/mol. The van der Waals surface area contributed by atoms with Crippen LogP contribution in [-0.4, -0.2) is 6.54 Å². The van der Waals surface area contributed by atoms with Crippen molar-refractivity contribution in [1.29, 1.82) is 0 Å². The first kappa shape index (κ1) is 14.2. The topological polar surface area (TPSA) is 12.0 Å². The highest BCUT2D eigenvalue weighted by Gasteiger charge is 2.12. The average Bonchev–Trinajstić information content (AvgIpc) is 2.38. The molecular weight excluding hydrogens is 206 g/mol. The minimum absolute atomic E-state index is 0.544. The van der Waals surface area contributed by atoms with Gasteiger partial charge in [0, 0.05) is 6.04 Å². The summed E-state index contributed by atoms with van der Waals surface area (Å²) in [5, 5.41) is 3.63. The van der Waals surface area contributed by atoms with Crippen LogP contribution < -0.4 is 5.32 Å². The highest BCUT2D eigenvalue weighted by Crippen LogP contribution is 2.23. The molecule has 1 heteroatoms. The minimum atomic E-state index is 0.544. The Kier molecular flexibility index (Phi) is 6.95. The van der Waals surface area contributed by atoms with Crippen molar-refractivity contribution in [2.24, 2.45) is 0 Å². The van der Waals surface area contributed by atoms with Crippen LogP contribution in [0.5, 0.6) is 0 Å². The van der Waals surface area contributed by atoms with Gasteiger partial charge >= 0.3 is 0 Å². The summed E-state index contributed by atoms with van der Waals surface area (Å²) in [5.74, 6) is 0. The Bertz CT molecular complexity index is 306. The fourth-order valence-electron chi connectivity index (χ4n) is 2.41. The molecule has 1 nitrogen and oxygen atoms in total. The molecule has 17 heavy (non-hydrogen) atoms. The van der Waals surface area contributed by atoms with E-state index >= 15 is 0 Å². The third kappa shape index (κ3) is 4.51. The van der Waals surface area contributed by atoms with Crippen LogP contribution in [0.4, 0.5) is 0 Å². The lowest BCUT2D eigenvalue weighted by molar-refractivity contribution is 0.484. The van der Waals surface area contributed by atoms with Gasteiger partial charge in [0.1, 0.15) is 0 Å². The lowest BCUT2D eigenvalue weighted by atomic mass is 9.94. The molecule has 96 valence electrons. The predicted molar refractivity (Wildman–Crippen MR) is 76.4 cm³/mol. The fraction of sp³-hybridized carbons (Fsp3) is 0.625. The molecule has 0 aliphatic heterocycles. The van der Waals surface area contributed by atoms with E-state index in [9.17, 15) is 0 Å².